The van der Waals surface area contributed by atoms with Crippen LogP contribution in [-0.4, -0.2) is 30.9 Å². The zero-order valence-corrected chi connectivity index (χ0v) is 11.4. The summed E-state index contributed by atoms with van der Waals surface area (Å²) in [7, 11) is 6.58. The molecule has 0 aliphatic carbocycles. The molecule has 0 unspecified atom stereocenters. The molecule has 0 spiro atoms. The molecule has 0 amide bonds. The van der Waals surface area contributed by atoms with E-state index in [1.165, 1.54) is 0 Å². The fourth-order valence-corrected chi connectivity index (χ4v) is 1.92. The van der Waals surface area contributed by atoms with Gasteiger partial charge in [-0.1, -0.05) is 0 Å². The molecule has 2 rings (SSSR count). The molecule has 0 saturated heterocycles. The van der Waals surface area contributed by atoms with E-state index >= 15 is 0 Å². The Hall–Kier alpha value is -2.37. The van der Waals surface area contributed by atoms with Crippen LogP contribution in [-0.2, 0) is 7.05 Å². The van der Waals surface area contributed by atoms with E-state index in [4.69, 9.17) is 19.9 Å². The number of imidazole rings is 1. The molecule has 0 radical (unpaired) electrons. The molecular weight excluding hydrogens is 246 g/mol. The first-order chi connectivity index (χ1) is 9.12. The van der Waals surface area contributed by atoms with E-state index in [1.807, 2.05) is 19.2 Å². The summed E-state index contributed by atoms with van der Waals surface area (Å²) in [6.07, 6.45) is 1.70. The minimum Gasteiger partial charge on any atom is -0.493 e. The molecule has 0 atom stereocenters. The Kier molecular flexibility index (Phi) is 3.50. The predicted molar refractivity (Wildman–Crippen MR) is 72.7 cm³/mol. The smallest absolute Gasteiger partial charge is 0.203 e. The number of ether oxygens (including phenoxy) is 3. The van der Waals surface area contributed by atoms with Gasteiger partial charge in [0, 0.05) is 12.6 Å². The summed E-state index contributed by atoms with van der Waals surface area (Å²) in [5.41, 5.74) is 7.50. The topological polar surface area (TPSA) is 71.5 Å². The van der Waals surface area contributed by atoms with Gasteiger partial charge >= 0.3 is 0 Å². The van der Waals surface area contributed by atoms with Gasteiger partial charge in [-0.05, 0) is 12.1 Å². The second-order valence-corrected chi connectivity index (χ2v) is 3.97. The number of nitrogens with zero attached hydrogens (tertiary/aromatic N) is 2. The number of methoxy groups -OCH3 is 3. The highest BCUT2D eigenvalue weighted by Crippen LogP contribution is 2.41. The van der Waals surface area contributed by atoms with Crippen LogP contribution in [0.25, 0.3) is 11.3 Å². The van der Waals surface area contributed by atoms with Crippen molar-refractivity contribution in [3.05, 3.63) is 18.3 Å². The van der Waals surface area contributed by atoms with Crippen molar-refractivity contribution in [2.75, 3.05) is 27.1 Å². The molecule has 0 aliphatic rings. The van der Waals surface area contributed by atoms with E-state index in [9.17, 15) is 0 Å². The molecule has 1 aromatic carbocycles. The lowest BCUT2D eigenvalue weighted by Crippen LogP contribution is -2.00. The van der Waals surface area contributed by atoms with Crippen molar-refractivity contribution in [1.82, 2.24) is 9.55 Å². The van der Waals surface area contributed by atoms with Crippen LogP contribution in [0.1, 0.15) is 0 Å². The normalized spacial score (nSPS) is 10.3. The number of hydrogen-bond acceptors (Lipinski definition) is 5. The van der Waals surface area contributed by atoms with Crippen LogP contribution in [0.15, 0.2) is 18.3 Å². The molecule has 0 bridgehead atoms. The van der Waals surface area contributed by atoms with E-state index in [0.29, 0.717) is 23.2 Å². The highest BCUT2D eigenvalue weighted by atomic mass is 16.5. The molecule has 6 nitrogen and oxygen atoms in total. The summed E-state index contributed by atoms with van der Waals surface area (Å²) >= 11 is 0. The Morgan fingerprint density at radius 3 is 2.00 bits per heavy atom. The zero-order chi connectivity index (χ0) is 14.0. The Morgan fingerprint density at radius 1 is 1.05 bits per heavy atom. The number of benzene rings is 1. The molecule has 19 heavy (non-hydrogen) atoms. The molecular formula is C13H17N3O3. The maximum Gasteiger partial charge on any atom is 0.203 e. The molecule has 102 valence electrons. The van der Waals surface area contributed by atoms with E-state index in [-0.39, 0.29) is 0 Å². The molecule has 1 aromatic heterocycles. The summed E-state index contributed by atoms with van der Waals surface area (Å²) in [6, 6.07) is 3.72. The largest absolute Gasteiger partial charge is 0.493 e. The average molecular weight is 263 g/mol. The van der Waals surface area contributed by atoms with Gasteiger partial charge in [0.1, 0.15) is 0 Å². The average Bonchev–Trinajstić information content (AvgIpc) is 2.77. The van der Waals surface area contributed by atoms with Crippen LogP contribution < -0.4 is 19.9 Å². The van der Waals surface area contributed by atoms with Gasteiger partial charge in [-0.3, -0.25) is 0 Å². The van der Waals surface area contributed by atoms with Crippen molar-refractivity contribution in [1.29, 1.82) is 0 Å². The summed E-state index contributed by atoms with van der Waals surface area (Å²) in [6.45, 7) is 0. The van der Waals surface area contributed by atoms with Gasteiger partial charge < -0.3 is 24.5 Å². The van der Waals surface area contributed by atoms with Gasteiger partial charge in [-0.15, -0.1) is 0 Å². The summed E-state index contributed by atoms with van der Waals surface area (Å²) in [5, 5.41) is 0. The first kappa shape index (κ1) is 13.1. The third-order valence-electron chi connectivity index (χ3n) is 2.98. The SMILES string of the molecule is COc1cc(-c2cnc(N)n2C)cc(OC)c1OC. The number of nitrogen functional groups attached to an aromatic ring is 1. The van der Waals surface area contributed by atoms with Crippen molar-refractivity contribution in [3.63, 3.8) is 0 Å². The first-order valence-electron chi connectivity index (χ1n) is 5.70. The van der Waals surface area contributed by atoms with Crippen molar-refractivity contribution in [3.8, 4) is 28.5 Å². The van der Waals surface area contributed by atoms with Gasteiger partial charge in [-0.25, -0.2) is 4.98 Å². The third-order valence-corrected chi connectivity index (χ3v) is 2.98. The first-order valence-corrected chi connectivity index (χ1v) is 5.70. The molecule has 2 N–H and O–H groups in total. The van der Waals surface area contributed by atoms with Crippen molar-refractivity contribution in [2.24, 2.45) is 7.05 Å². The maximum absolute atomic E-state index is 5.74. The van der Waals surface area contributed by atoms with Gasteiger partial charge in [0.2, 0.25) is 5.75 Å². The second kappa shape index (κ2) is 5.09. The van der Waals surface area contributed by atoms with E-state index in [0.717, 1.165) is 11.3 Å². The van der Waals surface area contributed by atoms with Crippen LogP contribution in [0.5, 0.6) is 17.2 Å². The van der Waals surface area contributed by atoms with E-state index < -0.39 is 0 Å². The molecule has 0 fully saturated rings. The lowest BCUT2D eigenvalue weighted by atomic mass is 10.1. The summed E-state index contributed by atoms with van der Waals surface area (Å²) < 4.78 is 17.7. The van der Waals surface area contributed by atoms with Gasteiger partial charge in [0.25, 0.3) is 0 Å². The van der Waals surface area contributed by atoms with Crippen LogP contribution in [0.4, 0.5) is 5.95 Å². The highest BCUT2D eigenvalue weighted by molar-refractivity contribution is 5.69. The molecule has 0 aliphatic heterocycles. The Balaban J connectivity index is 2.62. The van der Waals surface area contributed by atoms with Gasteiger partial charge in [0.15, 0.2) is 17.4 Å². The van der Waals surface area contributed by atoms with Crippen molar-refractivity contribution in [2.45, 2.75) is 0 Å². The van der Waals surface area contributed by atoms with Crippen molar-refractivity contribution >= 4 is 5.95 Å². The molecule has 0 saturated carbocycles. The third kappa shape index (κ3) is 2.16. The predicted octanol–water partition coefficient (Wildman–Crippen LogP) is 1.70. The summed E-state index contributed by atoms with van der Waals surface area (Å²) in [4.78, 5) is 4.07. The fraction of sp³-hybridized carbons (Fsp3) is 0.308. The Labute approximate surface area is 111 Å². The second-order valence-electron chi connectivity index (χ2n) is 3.97. The lowest BCUT2D eigenvalue weighted by molar-refractivity contribution is 0.324. The fourth-order valence-electron chi connectivity index (χ4n) is 1.92. The standard InChI is InChI=1S/C13H17N3O3/c1-16-9(7-15-13(16)14)8-5-10(17-2)12(19-4)11(6-8)18-3/h5-7H,1-4H3,(H2,14,15). The molecule has 1 heterocycles. The number of hydrogen-bond donors (Lipinski definition) is 1. The quantitative estimate of drug-likeness (QED) is 0.909. The minimum atomic E-state index is 0.448. The highest BCUT2D eigenvalue weighted by Gasteiger charge is 2.16. The van der Waals surface area contributed by atoms with Gasteiger partial charge in [0.05, 0.1) is 33.2 Å². The van der Waals surface area contributed by atoms with Crippen molar-refractivity contribution < 1.29 is 14.2 Å². The molecule has 6 heteroatoms. The van der Waals surface area contributed by atoms with Crippen LogP contribution >= 0.6 is 0 Å². The summed E-state index contributed by atoms with van der Waals surface area (Å²) in [5.74, 6) is 2.20. The monoisotopic (exact) mass is 263 g/mol. The number of nitrogens with two attached hydrogens (primary N) is 1. The number of rotatable bonds is 4. The Morgan fingerprint density at radius 2 is 1.63 bits per heavy atom. The number of anilines is 1. The van der Waals surface area contributed by atoms with Gasteiger partial charge in [-0.2, -0.15) is 0 Å². The lowest BCUT2D eigenvalue weighted by Gasteiger charge is -2.14. The van der Waals surface area contributed by atoms with Crippen LogP contribution in [0.3, 0.4) is 0 Å². The maximum atomic E-state index is 5.74. The molecule has 2 aromatic rings. The zero-order valence-electron chi connectivity index (χ0n) is 11.4. The van der Waals surface area contributed by atoms with Crippen LogP contribution in [0.2, 0.25) is 0 Å². The minimum absolute atomic E-state index is 0.448. The number of aromatic nitrogens is 2. The van der Waals surface area contributed by atoms with E-state index in [1.54, 1.807) is 32.1 Å². The van der Waals surface area contributed by atoms with Crippen LogP contribution in [0, 0.1) is 0 Å². The Bertz CT molecular complexity index is 568. The van der Waals surface area contributed by atoms with E-state index in [2.05, 4.69) is 4.98 Å².